The molecule has 0 aliphatic carbocycles. The summed E-state index contributed by atoms with van der Waals surface area (Å²) in [7, 11) is 1.90. The van der Waals surface area contributed by atoms with Gasteiger partial charge in [0.25, 0.3) is 5.69 Å². The van der Waals surface area contributed by atoms with E-state index in [0.717, 1.165) is 48.8 Å². The normalized spacial score (nSPS) is 15.9. The number of aryl methyl sites for hydroxylation is 1. The van der Waals surface area contributed by atoms with Crippen LogP contribution in [0.4, 0.5) is 5.69 Å². The lowest BCUT2D eigenvalue weighted by atomic mass is 9.99. The minimum absolute atomic E-state index is 0.0986. The van der Waals surface area contributed by atoms with Gasteiger partial charge in [-0.15, -0.1) is 0 Å². The minimum atomic E-state index is -0.381. The molecule has 1 saturated heterocycles. The summed E-state index contributed by atoms with van der Waals surface area (Å²) in [5.74, 6) is 0.878. The van der Waals surface area contributed by atoms with Crippen molar-refractivity contribution in [2.24, 2.45) is 13.0 Å². The third-order valence-electron chi connectivity index (χ3n) is 5.28. The van der Waals surface area contributed by atoms with Crippen molar-refractivity contribution in [1.29, 1.82) is 0 Å². The van der Waals surface area contributed by atoms with Crippen LogP contribution in [0.1, 0.15) is 31.7 Å². The second-order valence-corrected chi connectivity index (χ2v) is 7.54. The van der Waals surface area contributed by atoms with Crippen LogP contribution >= 0.6 is 0 Å². The van der Waals surface area contributed by atoms with Crippen molar-refractivity contribution in [3.05, 3.63) is 46.1 Å². The summed E-state index contributed by atoms with van der Waals surface area (Å²) >= 11 is 0. The molecule has 7 heteroatoms. The quantitative estimate of drug-likeness (QED) is 0.438. The summed E-state index contributed by atoms with van der Waals surface area (Å²) in [6.45, 7) is 7.68. The molecule has 1 aliphatic heterocycles. The van der Waals surface area contributed by atoms with Crippen LogP contribution in [0, 0.1) is 16.0 Å². The van der Waals surface area contributed by atoms with E-state index < -0.39 is 0 Å². The van der Waals surface area contributed by atoms with Gasteiger partial charge in [0.2, 0.25) is 0 Å². The number of likely N-dealkylation sites (tertiary alicyclic amines) is 1. The highest BCUT2D eigenvalue weighted by atomic mass is 16.6. The Balaban J connectivity index is 1.50. The molecule has 146 valence electrons. The van der Waals surface area contributed by atoms with E-state index in [1.165, 1.54) is 38.1 Å². The molecule has 0 spiro atoms. The number of rotatable bonds is 8. The Morgan fingerprint density at radius 1 is 1.26 bits per heavy atom. The Bertz CT molecular complexity index is 748. The van der Waals surface area contributed by atoms with Crippen LogP contribution in [0.5, 0.6) is 0 Å². The molecule has 27 heavy (non-hydrogen) atoms. The number of nitrogens with zero attached hydrogens (tertiary/aromatic N) is 4. The van der Waals surface area contributed by atoms with E-state index in [-0.39, 0.29) is 10.6 Å². The van der Waals surface area contributed by atoms with Crippen LogP contribution in [0.15, 0.2) is 30.5 Å². The topological polar surface area (TPSA) is 76.2 Å². The Labute approximate surface area is 160 Å². The van der Waals surface area contributed by atoms with E-state index in [2.05, 4.69) is 22.2 Å². The van der Waals surface area contributed by atoms with E-state index in [1.54, 1.807) is 16.8 Å². The van der Waals surface area contributed by atoms with Crippen LogP contribution in [0.3, 0.4) is 0 Å². The van der Waals surface area contributed by atoms with E-state index in [9.17, 15) is 10.1 Å². The summed E-state index contributed by atoms with van der Waals surface area (Å²) < 4.78 is 1.79. The molecule has 0 radical (unpaired) electrons. The number of piperidine rings is 1. The molecule has 1 fully saturated rings. The molecule has 2 heterocycles. The standard InChI is InChI=1S/C20H29N5O2/c1-16-8-12-24(13-9-16)11-3-10-21-14-18-15-23(2)22-20(18)17-4-6-19(7-5-17)25(26)27/h4-7,15-16,21H,3,8-14H2,1-2H3. The van der Waals surface area contributed by atoms with Crippen molar-refractivity contribution >= 4 is 5.69 Å². The van der Waals surface area contributed by atoms with Gasteiger partial charge >= 0.3 is 0 Å². The van der Waals surface area contributed by atoms with Crippen molar-refractivity contribution < 1.29 is 4.92 Å². The van der Waals surface area contributed by atoms with Crippen LogP contribution in [0.25, 0.3) is 11.3 Å². The molecule has 3 rings (SSSR count). The molecule has 1 aromatic heterocycles. The van der Waals surface area contributed by atoms with Gasteiger partial charge in [0, 0.05) is 43.0 Å². The summed E-state index contributed by atoms with van der Waals surface area (Å²) in [6.07, 6.45) is 5.79. The van der Waals surface area contributed by atoms with Crippen molar-refractivity contribution in [2.45, 2.75) is 32.7 Å². The predicted octanol–water partition coefficient (Wildman–Crippen LogP) is 3.21. The largest absolute Gasteiger partial charge is 0.312 e. The minimum Gasteiger partial charge on any atom is -0.312 e. The van der Waals surface area contributed by atoms with Crippen molar-refractivity contribution in [3.63, 3.8) is 0 Å². The molecule has 1 aromatic carbocycles. The first kappa shape index (κ1) is 19.5. The third-order valence-corrected chi connectivity index (χ3v) is 5.28. The highest BCUT2D eigenvalue weighted by molar-refractivity contribution is 5.64. The molecular weight excluding hydrogens is 342 g/mol. The van der Waals surface area contributed by atoms with Gasteiger partial charge in [0.05, 0.1) is 10.6 Å². The predicted molar refractivity (Wildman–Crippen MR) is 106 cm³/mol. The molecular formula is C20H29N5O2. The second kappa shape index (κ2) is 9.10. The number of non-ortho nitro benzene ring substituents is 1. The number of hydrogen-bond acceptors (Lipinski definition) is 5. The zero-order valence-electron chi connectivity index (χ0n) is 16.2. The van der Waals surface area contributed by atoms with Crippen LogP contribution < -0.4 is 5.32 Å². The fourth-order valence-electron chi connectivity index (χ4n) is 3.59. The maximum absolute atomic E-state index is 10.8. The summed E-state index contributed by atoms with van der Waals surface area (Å²) in [5, 5.41) is 18.9. The van der Waals surface area contributed by atoms with Gasteiger partial charge < -0.3 is 10.2 Å². The first-order valence-electron chi connectivity index (χ1n) is 9.73. The van der Waals surface area contributed by atoms with E-state index >= 15 is 0 Å². The Morgan fingerprint density at radius 2 is 1.96 bits per heavy atom. The fraction of sp³-hybridized carbons (Fsp3) is 0.550. The lowest BCUT2D eigenvalue weighted by Crippen LogP contribution is -2.34. The smallest absolute Gasteiger partial charge is 0.269 e. The number of hydrogen-bond donors (Lipinski definition) is 1. The highest BCUT2D eigenvalue weighted by Gasteiger charge is 2.15. The summed E-state index contributed by atoms with van der Waals surface area (Å²) in [5.41, 5.74) is 2.99. The molecule has 0 saturated carbocycles. The number of nitro benzene ring substituents is 1. The number of nitro groups is 1. The molecule has 7 nitrogen and oxygen atoms in total. The average molecular weight is 371 g/mol. The number of benzene rings is 1. The Kier molecular flexibility index (Phi) is 6.58. The van der Waals surface area contributed by atoms with Gasteiger partial charge in [-0.3, -0.25) is 14.8 Å². The van der Waals surface area contributed by atoms with Gasteiger partial charge in [-0.1, -0.05) is 6.92 Å². The van der Waals surface area contributed by atoms with Crippen LogP contribution in [0.2, 0.25) is 0 Å². The molecule has 0 atom stereocenters. The van der Waals surface area contributed by atoms with Gasteiger partial charge in [-0.25, -0.2) is 0 Å². The molecule has 1 aliphatic rings. The van der Waals surface area contributed by atoms with Crippen molar-refractivity contribution in [3.8, 4) is 11.3 Å². The average Bonchev–Trinajstić information content (AvgIpc) is 3.03. The first-order valence-corrected chi connectivity index (χ1v) is 9.73. The van der Waals surface area contributed by atoms with Gasteiger partial charge in [0.1, 0.15) is 0 Å². The number of aromatic nitrogens is 2. The maximum atomic E-state index is 10.8. The van der Waals surface area contributed by atoms with Crippen LogP contribution in [-0.4, -0.2) is 45.8 Å². The molecule has 1 N–H and O–H groups in total. The first-order chi connectivity index (χ1) is 13.0. The fourth-order valence-corrected chi connectivity index (χ4v) is 3.59. The van der Waals surface area contributed by atoms with E-state index in [0.29, 0.717) is 0 Å². The summed E-state index contributed by atoms with van der Waals surface area (Å²) in [6, 6.07) is 6.59. The molecule has 2 aromatic rings. The highest BCUT2D eigenvalue weighted by Crippen LogP contribution is 2.24. The van der Waals surface area contributed by atoms with E-state index in [4.69, 9.17) is 0 Å². The van der Waals surface area contributed by atoms with Gasteiger partial charge in [0.15, 0.2) is 0 Å². The molecule has 0 amide bonds. The third kappa shape index (κ3) is 5.37. The Morgan fingerprint density at radius 3 is 2.63 bits per heavy atom. The molecule has 0 bridgehead atoms. The van der Waals surface area contributed by atoms with Crippen molar-refractivity contribution in [2.75, 3.05) is 26.2 Å². The van der Waals surface area contributed by atoms with Crippen LogP contribution in [-0.2, 0) is 13.6 Å². The maximum Gasteiger partial charge on any atom is 0.269 e. The lowest BCUT2D eigenvalue weighted by molar-refractivity contribution is -0.384. The molecule has 0 unspecified atom stereocenters. The zero-order chi connectivity index (χ0) is 19.2. The van der Waals surface area contributed by atoms with Gasteiger partial charge in [-0.2, -0.15) is 5.10 Å². The van der Waals surface area contributed by atoms with Crippen molar-refractivity contribution in [1.82, 2.24) is 20.0 Å². The SMILES string of the molecule is CC1CCN(CCCNCc2cn(C)nc2-c2ccc([N+](=O)[O-])cc2)CC1. The lowest BCUT2D eigenvalue weighted by Gasteiger charge is -2.30. The summed E-state index contributed by atoms with van der Waals surface area (Å²) in [4.78, 5) is 13.0. The Hall–Kier alpha value is -2.25. The second-order valence-electron chi connectivity index (χ2n) is 7.54. The van der Waals surface area contributed by atoms with Gasteiger partial charge in [-0.05, 0) is 63.5 Å². The van der Waals surface area contributed by atoms with E-state index in [1.807, 2.05) is 13.2 Å². The zero-order valence-corrected chi connectivity index (χ0v) is 16.2. The number of nitrogens with one attached hydrogen (secondary N) is 1. The monoisotopic (exact) mass is 371 g/mol.